The fraction of sp³-hybridized carbons (Fsp3) is 0.364. The standard InChI is InChI=1S/C22H28N4O2/c1-17-7-6-8-18(2)22(17)24-20(27)16-25-11-13-26(14-12-25)21(28)15-23-19-9-4-3-5-10-19/h3-10,23H,11-16H2,1-2H3,(H,24,27). The Hall–Kier alpha value is -2.86. The summed E-state index contributed by atoms with van der Waals surface area (Å²) in [6, 6.07) is 15.7. The van der Waals surface area contributed by atoms with Gasteiger partial charge in [-0.1, -0.05) is 36.4 Å². The van der Waals surface area contributed by atoms with Crippen molar-refractivity contribution < 1.29 is 9.59 Å². The molecule has 28 heavy (non-hydrogen) atoms. The predicted molar refractivity (Wildman–Crippen MR) is 112 cm³/mol. The summed E-state index contributed by atoms with van der Waals surface area (Å²) in [5, 5.41) is 6.18. The Morgan fingerprint density at radius 1 is 0.893 bits per heavy atom. The van der Waals surface area contributed by atoms with E-state index in [9.17, 15) is 9.59 Å². The highest BCUT2D eigenvalue weighted by Crippen LogP contribution is 2.19. The van der Waals surface area contributed by atoms with Gasteiger partial charge in [-0.15, -0.1) is 0 Å². The molecule has 2 N–H and O–H groups in total. The number of carbonyl (C=O) groups excluding carboxylic acids is 2. The van der Waals surface area contributed by atoms with Crippen molar-refractivity contribution in [3.05, 3.63) is 59.7 Å². The molecule has 2 amide bonds. The maximum absolute atomic E-state index is 12.4. The van der Waals surface area contributed by atoms with Gasteiger partial charge in [0.1, 0.15) is 0 Å². The summed E-state index contributed by atoms with van der Waals surface area (Å²) in [6.07, 6.45) is 0. The number of nitrogens with zero attached hydrogens (tertiary/aromatic N) is 2. The van der Waals surface area contributed by atoms with Crippen LogP contribution in [0.2, 0.25) is 0 Å². The molecule has 0 saturated carbocycles. The molecule has 6 heteroatoms. The molecule has 1 aliphatic heterocycles. The first-order valence-electron chi connectivity index (χ1n) is 9.68. The van der Waals surface area contributed by atoms with Crippen LogP contribution in [0.5, 0.6) is 0 Å². The molecule has 0 aromatic heterocycles. The molecule has 1 aliphatic rings. The average molecular weight is 380 g/mol. The van der Waals surface area contributed by atoms with Crippen molar-refractivity contribution >= 4 is 23.2 Å². The second-order valence-corrected chi connectivity index (χ2v) is 7.19. The van der Waals surface area contributed by atoms with Crippen molar-refractivity contribution in [3.8, 4) is 0 Å². The zero-order valence-electron chi connectivity index (χ0n) is 16.6. The molecule has 0 aliphatic carbocycles. The third-order valence-electron chi connectivity index (χ3n) is 5.06. The fourth-order valence-corrected chi connectivity index (χ4v) is 3.39. The lowest BCUT2D eigenvalue weighted by molar-refractivity contribution is -0.131. The number of benzene rings is 2. The lowest BCUT2D eigenvalue weighted by atomic mass is 10.1. The first-order chi connectivity index (χ1) is 13.5. The van der Waals surface area contributed by atoms with Crippen LogP contribution in [0, 0.1) is 13.8 Å². The molecule has 0 atom stereocenters. The first-order valence-corrected chi connectivity index (χ1v) is 9.68. The van der Waals surface area contributed by atoms with Gasteiger partial charge in [0.15, 0.2) is 0 Å². The largest absolute Gasteiger partial charge is 0.376 e. The van der Waals surface area contributed by atoms with Crippen LogP contribution in [-0.4, -0.2) is 60.9 Å². The number of para-hydroxylation sites is 2. The lowest BCUT2D eigenvalue weighted by Gasteiger charge is -2.34. The van der Waals surface area contributed by atoms with Crippen LogP contribution in [0.1, 0.15) is 11.1 Å². The Balaban J connectivity index is 1.42. The summed E-state index contributed by atoms with van der Waals surface area (Å²) in [6.45, 7) is 7.33. The van der Waals surface area contributed by atoms with Crippen molar-refractivity contribution in [1.29, 1.82) is 0 Å². The number of nitrogens with one attached hydrogen (secondary N) is 2. The van der Waals surface area contributed by atoms with E-state index in [1.807, 2.05) is 67.3 Å². The first kappa shape index (κ1) is 19.9. The van der Waals surface area contributed by atoms with Gasteiger partial charge >= 0.3 is 0 Å². The highest BCUT2D eigenvalue weighted by Gasteiger charge is 2.22. The maximum Gasteiger partial charge on any atom is 0.241 e. The molecular weight excluding hydrogens is 352 g/mol. The molecule has 0 unspecified atom stereocenters. The number of amides is 2. The Labute approximate surface area is 166 Å². The van der Waals surface area contributed by atoms with Crippen LogP contribution < -0.4 is 10.6 Å². The Morgan fingerprint density at radius 2 is 1.54 bits per heavy atom. The smallest absolute Gasteiger partial charge is 0.241 e. The topological polar surface area (TPSA) is 64.7 Å². The second-order valence-electron chi connectivity index (χ2n) is 7.19. The van der Waals surface area contributed by atoms with Crippen molar-refractivity contribution in [3.63, 3.8) is 0 Å². The molecule has 3 rings (SSSR count). The summed E-state index contributed by atoms with van der Waals surface area (Å²) in [5.74, 6) is 0.0754. The van der Waals surface area contributed by atoms with Crippen LogP contribution in [0.15, 0.2) is 48.5 Å². The minimum atomic E-state index is -0.0112. The van der Waals surface area contributed by atoms with Gasteiger partial charge in [-0.25, -0.2) is 0 Å². The van der Waals surface area contributed by atoms with E-state index in [2.05, 4.69) is 15.5 Å². The Bertz CT molecular complexity index is 794. The number of rotatable bonds is 6. The molecule has 1 fully saturated rings. The van der Waals surface area contributed by atoms with Crippen LogP contribution in [0.4, 0.5) is 11.4 Å². The van der Waals surface area contributed by atoms with Gasteiger partial charge < -0.3 is 15.5 Å². The van der Waals surface area contributed by atoms with Gasteiger partial charge in [-0.3, -0.25) is 14.5 Å². The van der Waals surface area contributed by atoms with Crippen molar-refractivity contribution in [2.24, 2.45) is 0 Å². The highest BCUT2D eigenvalue weighted by molar-refractivity contribution is 5.93. The summed E-state index contributed by atoms with van der Waals surface area (Å²) in [4.78, 5) is 28.8. The van der Waals surface area contributed by atoms with Crippen molar-refractivity contribution in [2.45, 2.75) is 13.8 Å². The van der Waals surface area contributed by atoms with E-state index in [4.69, 9.17) is 0 Å². The van der Waals surface area contributed by atoms with Gasteiger partial charge in [0.25, 0.3) is 0 Å². The molecule has 2 aromatic carbocycles. The number of anilines is 2. The Morgan fingerprint density at radius 3 is 2.18 bits per heavy atom. The van der Waals surface area contributed by atoms with Crippen molar-refractivity contribution in [1.82, 2.24) is 9.80 Å². The van der Waals surface area contributed by atoms with Crippen LogP contribution >= 0.6 is 0 Å². The van der Waals surface area contributed by atoms with E-state index in [1.165, 1.54) is 0 Å². The average Bonchev–Trinajstić information content (AvgIpc) is 2.70. The molecule has 6 nitrogen and oxygen atoms in total. The van der Waals surface area contributed by atoms with Gasteiger partial charge in [-0.05, 0) is 37.1 Å². The van der Waals surface area contributed by atoms with E-state index < -0.39 is 0 Å². The van der Waals surface area contributed by atoms with E-state index in [0.29, 0.717) is 32.7 Å². The van der Waals surface area contributed by atoms with E-state index in [0.717, 1.165) is 22.5 Å². The quantitative estimate of drug-likeness (QED) is 0.808. The third kappa shape index (κ3) is 5.33. The maximum atomic E-state index is 12.4. The zero-order valence-corrected chi connectivity index (χ0v) is 16.6. The summed E-state index contributed by atoms with van der Waals surface area (Å²) >= 11 is 0. The molecule has 0 spiro atoms. The summed E-state index contributed by atoms with van der Waals surface area (Å²) in [5.41, 5.74) is 3.97. The fourth-order valence-electron chi connectivity index (χ4n) is 3.39. The van der Waals surface area contributed by atoms with Gasteiger partial charge in [-0.2, -0.15) is 0 Å². The predicted octanol–water partition coefficient (Wildman–Crippen LogP) is 2.50. The zero-order chi connectivity index (χ0) is 19.9. The normalized spacial score (nSPS) is 14.6. The molecule has 148 valence electrons. The lowest BCUT2D eigenvalue weighted by Crippen LogP contribution is -2.51. The molecule has 1 saturated heterocycles. The van der Waals surface area contributed by atoms with Crippen molar-refractivity contribution in [2.75, 3.05) is 49.9 Å². The second kappa shape index (κ2) is 9.37. The van der Waals surface area contributed by atoms with E-state index in [1.54, 1.807) is 0 Å². The Kier molecular flexibility index (Phi) is 6.66. The van der Waals surface area contributed by atoms with Crippen LogP contribution in [-0.2, 0) is 9.59 Å². The van der Waals surface area contributed by atoms with Crippen LogP contribution in [0.25, 0.3) is 0 Å². The van der Waals surface area contributed by atoms with Gasteiger partial charge in [0.2, 0.25) is 11.8 Å². The molecule has 0 radical (unpaired) electrons. The van der Waals surface area contributed by atoms with E-state index in [-0.39, 0.29) is 18.4 Å². The summed E-state index contributed by atoms with van der Waals surface area (Å²) < 4.78 is 0. The monoisotopic (exact) mass is 380 g/mol. The number of hydrogen-bond acceptors (Lipinski definition) is 4. The van der Waals surface area contributed by atoms with Crippen LogP contribution in [0.3, 0.4) is 0 Å². The van der Waals surface area contributed by atoms with E-state index >= 15 is 0 Å². The highest BCUT2D eigenvalue weighted by atomic mass is 16.2. The number of piperazine rings is 1. The SMILES string of the molecule is Cc1cccc(C)c1NC(=O)CN1CCN(C(=O)CNc2ccccc2)CC1. The number of aryl methyl sites for hydroxylation is 2. The number of hydrogen-bond donors (Lipinski definition) is 2. The molecule has 0 bridgehead atoms. The third-order valence-corrected chi connectivity index (χ3v) is 5.06. The molecular formula is C22H28N4O2. The van der Waals surface area contributed by atoms with Gasteiger partial charge in [0, 0.05) is 37.6 Å². The molecule has 2 aromatic rings. The summed E-state index contributed by atoms with van der Waals surface area (Å²) in [7, 11) is 0. The number of carbonyl (C=O) groups is 2. The van der Waals surface area contributed by atoms with Gasteiger partial charge in [0.05, 0.1) is 13.1 Å². The minimum absolute atomic E-state index is 0.0112. The minimum Gasteiger partial charge on any atom is -0.376 e. The molecule has 1 heterocycles.